The molecule has 0 spiro atoms. The first kappa shape index (κ1) is 14.7. The molecule has 0 atom stereocenters. The van der Waals surface area contributed by atoms with E-state index in [4.69, 9.17) is 4.74 Å². The number of nitrogens with zero attached hydrogens (tertiary/aromatic N) is 1. The van der Waals surface area contributed by atoms with Crippen molar-refractivity contribution < 1.29 is 4.74 Å². The smallest absolute Gasteiger partial charge is 0.119 e. The van der Waals surface area contributed by atoms with E-state index >= 15 is 0 Å². The normalized spacial score (nSPS) is 20.5. The molecule has 1 aromatic rings. The van der Waals surface area contributed by atoms with Crippen molar-refractivity contribution in [1.82, 2.24) is 5.32 Å². The van der Waals surface area contributed by atoms with Crippen LogP contribution in [0.3, 0.4) is 0 Å². The minimum atomic E-state index is 0.821. The summed E-state index contributed by atoms with van der Waals surface area (Å²) in [7, 11) is 1.77. The molecule has 0 saturated carbocycles. The molecule has 2 aliphatic rings. The summed E-state index contributed by atoms with van der Waals surface area (Å²) in [5, 5.41) is 3.47. The van der Waals surface area contributed by atoms with Gasteiger partial charge in [-0.15, -0.1) is 0 Å². The molecule has 3 heteroatoms. The van der Waals surface area contributed by atoms with E-state index in [1.54, 1.807) is 7.11 Å². The van der Waals surface area contributed by atoms with Crippen LogP contribution in [0, 0.1) is 5.92 Å². The zero-order valence-corrected chi connectivity index (χ0v) is 13.2. The highest BCUT2D eigenvalue weighted by molar-refractivity contribution is 5.57. The molecular weight excluding hydrogens is 260 g/mol. The highest BCUT2D eigenvalue weighted by Gasteiger charge is 2.19. The van der Waals surface area contributed by atoms with Crippen LogP contribution in [0.1, 0.15) is 37.7 Å². The maximum absolute atomic E-state index is 5.46. The Kier molecular flexibility index (Phi) is 5.02. The van der Waals surface area contributed by atoms with Crippen LogP contribution < -0.4 is 15.0 Å². The monoisotopic (exact) mass is 288 g/mol. The first-order chi connectivity index (χ1) is 10.4. The first-order valence-corrected chi connectivity index (χ1v) is 8.49. The minimum Gasteiger partial charge on any atom is -0.497 e. The van der Waals surface area contributed by atoms with E-state index in [1.165, 1.54) is 76.0 Å². The lowest BCUT2D eigenvalue weighted by molar-refractivity contribution is 0.371. The number of nitrogens with one attached hydrogen (secondary N) is 1. The summed E-state index contributed by atoms with van der Waals surface area (Å²) >= 11 is 0. The molecule has 2 heterocycles. The molecule has 0 amide bonds. The van der Waals surface area contributed by atoms with E-state index in [1.807, 2.05) is 0 Å². The second kappa shape index (κ2) is 7.17. The molecule has 2 saturated heterocycles. The minimum absolute atomic E-state index is 0.821. The Balaban J connectivity index is 1.80. The van der Waals surface area contributed by atoms with Gasteiger partial charge in [0.15, 0.2) is 0 Å². The molecule has 2 fully saturated rings. The third-order valence-corrected chi connectivity index (χ3v) is 4.95. The lowest BCUT2D eigenvalue weighted by Crippen LogP contribution is -2.31. The largest absolute Gasteiger partial charge is 0.497 e. The van der Waals surface area contributed by atoms with Gasteiger partial charge >= 0.3 is 0 Å². The molecule has 0 unspecified atom stereocenters. The maximum atomic E-state index is 5.46. The highest BCUT2D eigenvalue weighted by atomic mass is 16.5. The molecule has 21 heavy (non-hydrogen) atoms. The fourth-order valence-corrected chi connectivity index (χ4v) is 3.69. The lowest BCUT2D eigenvalue weighted by atomic mass is 9.89. The van der Waals surface area contributed by atoms with E-state index in [0.29, 0.717) is 0 Å². The summed E-state index contributed by atoms with van der Waals surface area (Å²) in [6, 6.07) is 6.67. The van der Waals surface area contributed by atoms with Gasteiger partial charge in [-0.05, 0) is 81.3 Å². The van der Waals surface area contributed by atoms with E-state index in [-0.39, 0.29) is 0 Å². The number of methoxy groups -OCH3 is 1. The zero-order valence-electron chi connectivity index (χ0n) is 13.2. The standard InChI is InChI=1S/C18H28N2O/c1-21-17-5-6-18(20-11-3-2-4-12-20)16(14-17)13-15-7-9-19-10-8-15/h5-6,14-15,19H,2-4,7-13H2,1H3. The number of rotatable bonds is 4. The number of piperidine rings is 2. The Morgan fingerprint density at radius 2 is 1.90 bits per heavy atom. The van der Waals surface area contributed by atoms with Gasteiger partial charge in [-0.3, -0.25) is 0 Å². The van der Waals surface area contributed by atoms with E-state index in [9.17, 15) is 0 Å². The lowest BCUT2D eigenvalue weighted by Gasteiger charge is -2.32. The second-order valence-electron chi connectivity index (χ2n) is 6.44. The van der Waals surface area contributed by atoms with Crippen molar-refractivity contribution >= 4 is 5.69 Å². The first-order valence-electron chi connectivity index (χ1n) is 8.49. The molecule has 1 aromatic carbocycles. The molecular formula is C18H28N2O. The van der Waals surface area contributed by atoms with E-state index < -0.39 is 0 Å². The molecule has 0 radical (unpaired) electrons. The summed E-state index contributed by atoms with van der Waals surface area (Å²) in [6.07, 6.45) is 7.85. The zero-order chi connectivity index (χ0) is 14.5. The van der Waals surface area contributed by atoms with Crippen molar-refractivity contribution in [3.05, 3.63) is 23.8 Å². The average Bonchev–Trinajstić information content (AvgIpc) is 2.56. The molecule has 3 nitrogen and oxygen atoms in total. The Bertz CT molecular complexity index is 449. The molecule has 0 aromatic heterocycles. The Morgan fingerprint density at radius 3 is 2.62 bits per heavy atom. The third kappa shape index (κ3) is 3.70. The van der Waals surface area contributed by atoms with Crippen molar-refractivity contribution in [1.29, 1.82) is 0 Å². The van der Waals surface area contributed by atoms with Crippen LogP contribution in [0.4, 0.5) is 5.69 Å². The van der Waals surface area contributed by atoms with Gasteiger partial charge in [0.2, 0.25) is 0 Å². The van der Waals surface area contributed by atoms with Gasteiger partial charge in [0, 0.05) is 18.8 Å². The second-order valence-corrected chi connectivity index (χ2v) is 6.44. The van der Waals surface area contributed by atoms with Crippen molar-refractivity contribution in [3.63, 3.8) is 0 Å². The molecule has 0 bridgehead atoms. The summed E-state index contributed by atoms with van der Waals surface area (Å²) < 4.78 is 5.46. The fraction of sp³-hybridized carbons (Fsp3) is 0.667. The van der Waals surface area contributed by atoms with E-state index in [2.05, 4.69) is 28.4 Å². The van der Waals surface area contributed by atoms with Gasteiger partial charge in [-0.1, -0.05) is 0 Å². The van der Waals surface area contributed by atoms with E-state index in [0.717, 1.165) is 11.7 Å². The van der Waals surface area contributed by atoms with Gasteiger partial charge in [0.25, 0.3) is 0 Å². The topological polar surface area (TPSA) is 24.5 Å². The molecule has 116 valence electrons. The van der Waals surface area contributed by atoms with Crippen LogP contribution in [0.5, 0.6) is 5.75 Å². The fourth-order valence-electron chi connectivity index (χ4n) is 3.69. The third-order valence-electron chi connectivity index (χ3n) is 4.95. The number of anilines is 1. The van der Waals surface area contributed by atoms with Gasteiger partial charge in [-0.25, -0.2) is 0 Å². The van der Waals surface area contributed by atoms with Crippen molar-refractivity contribution in [2.24, 2.45) is 5.92 Å². The molecule has 1 N–H and O–H groups in total. The predicted octanol–water partition coefficient (Wildman–Crippen LogP) is 3.23. The highest BCUT2D eigenvalue weighted by Crippen LogP contribution is 2.31. The number of ether oxygens (including phenoxy) is 1. The quantitative estimate of drug-likeness (QED) is 0.920. The van der Waals surface area contributed by atoms with Gasteiger partial charge in [0.05, 0.1) is 7.11 Å². The molecule has 0 aliphatic carbocycles. The summed E-state index contributed by atoms with van der Waals surface area (Å²) in [4.78, 5) is 2.58. The number of hydrogen-bond donors (Lipinski definition) is 1. The SMILES string of the molecule is COc1ccc(N2CCCCC2)c(CC2CCNCC2)c1. The van der Waals surface area contributed by atoms with Crippen LogP contribution in [0.2, 0.25) is 0 Å². The van der Waals surface area contributed by atoms with Crippen LogP contribution in [-0.4, -0.2) is 33.3 Å². The average molecular weight is 288 g/mol. The summed E-state index contributed by atoms with van der Waals surface area (Å²) in [6.45, 7) is 4.78. The Hall–Kier alpha value is -1.22. The van der Waals surface area contributed by atoms with Gasteiger partial charge in [0.1, 0.15) is 5.75 Å². The summed E-state index contributed by atoms with van der Waals surface area (Å²) in [5.41, 5.74) is 2.94. The van der Waals surface area contributed by atoms with Crippen molar-refractivity contribution in [2.45, 2.75) is 38.5 Å². The molecule has 3 rings (SSSR count). The Morgan fingerprint density at radius 1 is 1.14 bits per heavy atom. The van der Waals surface area contributed by atoms with Gasteiger partial charge in [-0.2, -0.15) is 0 Å². The molecule has 2 aliphatic heterocycles. The summed E-state index contributed by atoms with van der Waals surface area (Å²) in [5.74, 6) is 1.82. The van der Waals surface area contributed by atoms with Crippen LogP contribution >= 0.6 is 0 Å². The Labute approximate surface area is 128 Å². The van der Waals surface area contributed by atoms with Crippen molar-refractivity contribution in [2.75, 3.05) is 38.2 Å². The van der Waals surface area contributed by atoms with Gasteiger partial charge < -0.3 is 15.0 Å². The van der Waals surface area contributed by atoms with Crippen LogP contribution in [-0.2, 0) is 6.42 Å². The van der Waals surface area contributed by atoms with Crippen molar-refractivity contribution in [3.8, 4) is 5.75 Å². The maximum Gasteiger partial charge on any atom is 0.119 e. The number of benzene rings is 1. The van der Waals surface area contributed by atoms with Crippen LogP contribution in [0.15, 0.2) is 18.2 Å². The number of hydrogen-bond acceptors (Lipinski definition) is 3. The predicted molar refractivity (Wildman–Crippen MR) is 88.4 cm³/mol. The van der Waals surface area contributed by atoms with Crippen LogP contribution in [0.25, 0.3) is 0 Å².